The molecule has 0 aliphatic carbocycles. The molecule has 18 heavy (non-hydrogen) atoms. The van der Waals surface area contributed by atoms with E-state index in [1.165, 1.54) is 11.5 Å². The van der Waals surface area contributed by atoms with E-state index < -0.39 is 0 Å². The zero-order chi connectivity index (χ0) is 13.1. The molecular weight excluding hydrogens is 252 g/mol. The number of aromatic nitrogens is 1. The third-order valence-electron chi connectivity index (χ3n) is 3.15. The monoisotopic (exact) mass is 270 g/mol. The zero-order valence-corrected chi connectivity index (χ0v) is 11.4. The number of nitrogens with two attached hydrogens (primary N) is 1. The normalized spacial score (nSPS) is 19.9. The number of methoxy groups -OCH3 is 1. The lowest BCUT2D eigenvalue weighted by Crippen LogP contribution is -2.39. The Balaban J connectivity index is 2.25. The quantitative estimate of drug-likeness (QED) is 0.845. The molecule has 1 saturated heterocycles. The minimum absolute atomic E-state index is 0.184. The number of amides is 1. The van der Waals surface area contributed by atoms with Crippen LogP contribution in [0.5, 0.6) is 0 Å². The molecule has 1 atom stereocenters. The first-order valence-electron chi connectivity index (χ1n) is 5.92. The molecule has 1 aromatic heterocycles. The van der Waals surface area contributed by atoms with Gasteiger partial charge >= 0.3 is 0 Å². The van der Waals surface area contributed by atoms with Gasteiger partial charge < -0.3 is 20.7 Å². The van der Waals surface area contributed by atoms with Crippen molar-refractivity contribution in [1.29, 1.82) is 0 Å². The van der Waals surface area contributed by atoms with Gasteiger partial charge in [0, 0.05) is 27.2 Å². The highest BCUT2D eigenvalue weighted by Crippen LogP contribution is 2.32. The second-order valence-electron chi connectivity index (χ2n) is 4.27. The molecule has 3 N–H and O–H groups in total. The van der Waals surface area contributed by atoms with Crippen molar-refractivity contribution in [2.45, 2.75) is 18.9 Å². The van der Waals surface area contributed by atoms with Gasteiger partial charge in [0.15, 0.2) is 5.82 Å². The Morgan fingerprint density at radius 3 is 3.11 bits per heavy atom. The van der Waals surface area contributed by atoms with E-state index in [1.54, 1.807) is 14.2 Å². The van der Waals surface area contributed by atoms with Gasteiger partial charge in [-0.15, -0.1) is 0 Å². The van der Waals surface area contributed by atoms with Crippen LogP contribution < -0.4 is 16.0 Å². The average molecular weight is 270 g/mol. The molecule has 2 heterocycles. The number of anilines is 2. The molecule has 1 aliphatic rings. The summed E-state index contributed by atoms with van der Waals surface area (Å²) in [4.78, 5) is 14.0. The van der Waals surface area contributed by atoms with Crippen LogP contribution in [0.4, 0.5) is 10.8 Å². The summed E-state index contributed by atoms with van der Waals surface area (Å²) in [5.74, 6) is 0.115. The predicted molar refractivity (Wildman–Crippen MR) is 72.2 cm³/mol. The van der Waals surface area contributed by atoms with Gasteiger partial charge in [0.05, 0.1) is 6.10 Å². The lowest BCUT2D eigenvalue weighted by atomic mass is 10.1. The molecule has 2 rings (SSSR count). The topological polar surface area (TPSA) is 80.5 Å². The van der Waals surface area contributed by atoms with E-state index >= 15 is 0 Å². The van der Waals surface area contributed by atoms with E-state index in [-0.39, 0.29) is 12.0 Å². The SMILES string of the molecule is CNC(=O)c1c(N)nsc1N1CCCC(OC)C1. The third-order valence-corrected chi connectivity index (χ3v) is 4.08. The van der Waals surface area contributed by atoms with Crippen LogP contribution >= 0.6 is 11.5 Å². The first kappa shape index (κ1) is 13.1. The molecule has 0 aromatic carbocycles. The van der Waals surface area contributed by atoms with E-state index in [4.69, 9.17) is 10.5 Å². The first-order valence-corrected chi connectivity index (χ1v) is 6.69. The van der Waals surface area contributed by atoms with Gasteiger partial charge in [-0.3, -0.25) is 4.79 Å². The standard InChI is InChI=1S/C11H18N4O2S/c1-13-10(16)8-9(12)14-18-11(8)15-5-3-4-7(6-15)17-2/h7H,3-6H2,1-2H3,(H2,12,14)(H,13,16). The van der Waals surface area contributed by atoms with Crippen LogP contribution in [0, 0.1) is 0 Å². The van der Waals surface area contributed by atoms with E-state index in [0.29, 0.717) is 11.4 Å². The Kier molecular flexibility index (Phi) is 4.03. The summed E-state index contributed by atoms with van der Waals surface area (Å²) in [7, 11) is 3.31. The van der Waals surface area contributed by atoms with Crippen LogP contribution in [0.2, 0.25) is 0 Å². The fourth-order valence-corrected chi connectivity index (χ4v) is 3.01. The van der Waals surface area contributed by atoms with Crippen molar-refractivity contribution in [2.24, 2.45) is 0 Å². The number of hydrogen-bond donors (Lipinski definition) is 2. The van der Waals surface area contributed by atoms with Crippen molar-refractivity contribution in [3.05, 3.63) is 5.56 Å². The lowest BCUT2D eigenvalue weighted by Gasteiger charge is -2.32. The highest BCUT2D eigenvalue weighted by Gasteiger charge is 2.27. The van der Waals surface area contributed by atoms with Crippen LogP contribution in [-0.2, 0) is 4.74 Å². The molecule has 1 unspecified atom stereocenters. The van der Waals surface area contributed by atoms with E-state index in [1.807, 2.05) is 0 Å². The summed E-state index contributed by atoms with van der Waals surface area (Å²) in [6.45, 7) is 1.69. The fourth-order valence-electron chi connectivity index (χ4n) is 2.16. The van der Waals surface area contributed by atoms with Crippen molar-refractivity contribution >= 4 is 28.3 Å². The van der Waals surface area contributed by atoms with E-state index in [0.717, 1.165) is 30.9 Å². The van der Waals surface area contributed by atoms with Crippen molar-refractivity contribution < 1.29 is 9.53 Å². The lowest BCUT2D eigenvalue weighted by molar-refractivity contribution is 0.0890. The van der Waals surface area contributed by atoms with Gasteiger partial charge in [-0.2, -0.15) is 4.37 Å². The van der Waals surface area contributed by atoms with Gasteiger partial charge in [-0.1, -0.05) is 0 Å². The molecule has 0 saturated carbocycles. The minimum atomic E-state index is -0.184. The molecule has 100 valence electrons. The van der Waals surface area contributed by atoms with Crippen molar-refractivity contribution in [3.8, 4) is 0 Å². The Hall–Kier alpha value is -1.34. The molecule has 0 spiro atoms. The summed E-state index contributed by atoms with van der Waals surface area (Å²) in [6.07, 6.45) is 2.31. The highest BCUT2D eigenvalue weighted by molar-refractivity contribution is 7.11. The second-order valence-corrected chi connectivity index (χ2v) is 5.02. The summed E-state index contributed by atoms with van der Waals surface area (Å²) < 4.78 is 9.47. The average Bonchev–Trinajstić information content (AvgIpc) is 2.80. The van der Waals surface area contributed by atoms with Gasteiger partial charge in [0.2, 0.25) is 0 Å². The molecule has 7 heteroatoms. The molecular formula is C11H18N4O2S. The number of carbonyl (C=O) groups excluding carboxylic acids is 1. The molecule has 0 radical (unpaired) electrons. The second kappa shape index (κ2) is 5.53. The molecule has 6 nitrogen and oxygen atoms in total. The Bertz CT molecular complexity index is 435. The Labute approximate surface area is 110 Å². The first-order chi connectivity index (χ1) is 8.67. The summed E-state index contributed by atoms with van der Waals surface area (Å²) >= 11 is 1.27. The molecule has 1 aromatic rings. The number of piperidine rings is 1. The Morgan fingerprint density at radius 2 is 2.44 bits per heavy atom. The van der Waals surface area contributed by atoms with Crippen molar-refractivity contribution in [1.82, 2.24) is 9.69 Å². The van der Waals surface area contributed by atoms with Crippen LogP contribution in [0.1, 0.15) is 23.2 Å². The Morgan fingerprint density at radius 1 is 1.67 bits per heavy atom. The number of hydrogen-bond acceptors (Lipinski definition) is 6. The zero-order valence-electron chi connectivity index (χ0n) is 10.6. The van der Waals surface area contributed by atoms with Crippen molar-refractivity contribution in [3.63, 3.8) is 0 Å². The van der Waals surface area contributed by atoms with Crippen molar-refractivity contribution in [2.75, 3.05) is 37.9 Å². The van der Waals surface area contributed by atoms with Gasteiger partial charge in [0.1, 0.15) is 10.6 Å². The molecule has 0 bridgehead atoms. The number of nitrogen functional groups attached to an aromatic ring is 1. The smallest absolute Gasteiger partial charge is 0.257 e. The summed E-state index contributed by atoms with van der Waals surface area (Å²) in [5, 5.41) is 3.44. The molecule has 1 amide bonds. The maximum Gasteiger partial charge on any atom is 0.257 e. The summed E-state index contributed by atoms with van der Waals surface area (Å²) in [6, 6.07) is 0. The van der Waals surface area contributed by atoms with Crippen LogP contribution in [0.3, 0.4) is 0 Å². The highest BCUT2D eigenvalue weighted by atomic mass is 32.1. The number of carbonyl (C=O) groups is 1. The van der Waals surface area contributed by atoms with Crippen LogP contribution in [0.15, 0.2) is 0 Å². The molecule has 1 fully saturated rings. The van der Waals surface area contributed by atoms with E-state index in [2.05, 4.69) is 14.6 Å². The van der Waals surface area contributed by atoms with Gasteiger partial charge in [-0.05, 0) is 24.4 Å². The number of ether oxygens (including phenoxy) is 1. The third kappa shape index (κ3) is 2.41. The van der Waals surface area contributed by atoms with Crippen LogP contribution in [0.25, 0.3) is 0 Å². The number of nitrogens with one attached hydrogen (secondary N) is 1. The number of nitrogens with zero attached hydrogens (tertiary/aromatic N) is 2. The van der Waals surface area contributed by atoms with Gasteiger partial charge in [-0.25, -0.2) is 0 Å². The number of rotatable bonds is 3. The maximum absolute atomic E-state index is 11.8. The molecule has 1 aliphatic heterocycles. The summed E-state index contributed by atoms with van der Waals surface area (Å²) in [5.41, 5.74) is 6.26. The van der Waals surface area contributed by atoms with Crippen LogP contribution in [-0.4, -0.2) is 43.6 Å². The minimum Gasteiger partial charge on any atom is -0.382 e. The van der Waals surface area contributed by atoms with Gasteiger partial charge in [0.25, 0.3) is 5.91 Å². The largest absolute Gasteiger partial charge is 0.382 e. The fraction of sp³-hybridized carbons (Fsp3) is 0.636. The van der Waals surface area contributed by atoms with E-state index in [9.17, 15) is 4.79 Å². The predicted octanol–water partition coefficient (Wildman–Crippen LogP) is 0.700. The maximum atomic E-state index is 11.8.